The van der Waals surface area contributed by atoms with Gasteiger partial charge in [-0.05, 0) is 34.5 Å². The van der Waals surface area contributed by atoms with Gasteiger partial charge in [0.05, 0.1) is 15.3 Å². The van der Waals surface area contributed by atoms with Crippen LogP contribution >= 0.6 is 15.9 Å². The predicted molar refractivity (Wildman–Crippen MR) is 66.0 cm³/mol. The van der Waals surface area contributed by atoms with Gasteiger partial charge in [-0.3, -0.25) is 14.9 Å². The highest BCUT2D eigenvalue weighted by Crippen LogP contribution is 2.36. The van der Waals surface area contributed by atoms with Gasteiger partial charge in [-0.25, -0.2) is 0 Å². The van der Waals surface area contributed by atoms with Crippen molar-refractivity contribution in [2.45, 2.75) is 20.8 Å². The molecule has 1 rings (SSSR count). The Hall–Kier alpha value is -1.43. The van der Waals surface area contributed by atoms with Crippen molar-refractivity contribution in [2.75, 3.05) is 0 Å². The summed E-state index contributed by atoms with van der Waals surface area (Å²) in [6.07, 6.45) is 0. The van der Waals surface area contributed by atoms with Gasteiger partial charge in [-0.15, -0.1) is 0 Å². The molecule has 1 aromatic carbocycles. The number of esters is 1. The molecule has 0 radical (unpaired) electrons. The minimum atomic E-state index is -0.569. The third-order valence-corrected chi connectivity index (χ3v) is 2.63. The Morgan fingerprint density at radius 1 is 1.47 bits per heavy atom. The maximum absolute atomic E-state index is 11.5. The summed E-state index contributed by atoms with van der Waals surface area (Å²) >= 11 is 3.16. The second-order valence-electron chi connectivity index (χ2n) is 3.93. The number of benzene rings is 1. The molecule has 0 unspecified atom stereocenters. The van der Waals surface area contributed by atoms with Crippen LogP contribution in [-0.4, -0.2) is 10.9 Å². The number of hydrogen-bond acceptors (Lipinski definition) is 4. The summed E-state index contributed by atoms with van der Waals surface area (Å²) in [5, 5.41) is 10.9. The molecule has 0 aliphatic carbocycles. The first-order valence-corrected chi connectivity index (χ1v) is 5.78. The summed E-state index contributed by atoms with van der Waals surface area (Å²) in [6, 6.07) is 3.03. The van der Waals surface area contributed by atoms with E-state index in [1.165, 1.54) is 6.07 Å². The third kappa shape index (κ3) is 3.26. The molecule has 0 atom stereocenters. The molecule has 0 bridgehead atoms. The van der Waals surface area contributed by atoms with E-state index in [0.717, 1.165) is 0 Å². The van der Waals surface area contributed by atoms with Crippen molar-refractivity contribution < 1.29 is 14.5 Å². The zero-order chi connectivity index (χ0) is 13.2. The molecule has 1 aromatic rings. The van der Waals surface area contributed by atoms with Crippen molar-refractivity contribution in [3.05, 3.63) is 32.3 Å². The molecule has 0 aliphatic heterocycles. The van der Waals surface area contributed by atoms with E-state index in [0.29, 0.717) is 10.0 Å². The number of nitro benzene ring substituents is 1. The van der Waals surface area contributed by atoms with Crippen molar-refractivity contribution in [3.8, 4) is 5.75 Å². The molecule has 0 saturated heterocycles. The number of halogens is 1. The van der Waals surface area contributed by atoms with Gasteiger partial charge in [-0.2, -0.15) is 0 Å². The number of aryl methyl sites for hydroxylation is 1. The van der Waals surface area contributed by atoms with Crippen LogP contribution in [0.3, 0.4) is 0 Å². The smallest absolute Gasteiger partial charge is 0.314 e. The Morgan fingerprint density at radius 3 is 2.53 bits per heavy atom. The van der Waals surface area contributed by atoms with Crippen molar-refractivity contribution in [1.82, 2.24) is 0 Å². The molecule has 92 valence electrons. The largest absolute Gasteiger partial charge is 0.418 e. The van der Waals surface area contributed by atoms with Crippen molar-refractivity contribution in [1.29, 1.82) is 0 Å². The second-order valence-corrected chi connectivity index (χ2v) is 4.78. The molecule has 0 heterocycles. The second kappa shape index (κ2) is 5.27. The molecule has 6 heteroatoms. The van der Waals surface area contributed by atoms with E-state index < -0.39 is 10.9 Å². The molecular weight excluding hydrogens is 290 g/mol. The molecule has 0 aliphatic rings. The molecule has 5 nitrogen and oxygen atoms in total. The van der Waals surface area contributed by atoms with Gasteiger partial charge in [-0.1, -0.05) is 13.8 Å². The zero-order valence-corrected chi connectivity index (χ0v) is 11.3. The van der Waals surface area contributed by atoms with Gasteiger partial charge in [0, 0.05) is 6.07 Å². The van der Waals surface area contributed by atoms with Crippen LogP contribution < -0.4 is 4.74 Å². The van der Waals surface area contributed by atoms with Gasteiger partial charge in [0.1, 0.15) is 0 Å². The highest BCUT2D eigenvalue weighted by molar-refractivity contribution is 9.10. The Balaban J connectivity index is 3.22. The Bertz CT molecular complexity index is 471. The Morgan fingerprint density at radius 2 is 2.06 bits per heavy atom. The topological polar surface area (TPSA) is 69.4 Å². The molecule has 0 N–H and O–H groups in total. The number of nitro groups is 1. The van der Waals surface area contributed by atoms with Crippen molar-refractivity contribution >= 4 is 27.6 Å². The summed E-state index contributed by atoms with van der Waals surface area (Å²) < 4.78 is 5.43. The third-order valence-electron chi connectivity index (χ3n) is 2.04. The average molecular weight is 302 g/mol. The number of hydrogen-bond donors (Lipinski definition) is 0. The number of carbonyl (C=O) groups is 1. The van der Waals surface area contributed by atoms with Crippen LogP contribution in [0.25, 0.3) is 0 Å². The predicted octanol–water partition coefficient (Wildman–Crippen LogP) is 3.23. The summed E-state index contributed by atoms with van der Waals surface area (Å²) in [6.45, 7) is 5.05. The number of nitrogens with zero attached hydrogens (tertiary/aromatic N) is 1. The minimum absolute atomic E-state index is 0.0423. The van der Waals surface area contributed by atoms with E-state index in [1.54, 1.807) is 26.8 Å². The zero-order valence-electron chi connectivity index (χ0n) is 9.69. The lowest BCUT2D eigenvalue weighted by Gasteiger charge is -2.09. The van der Waals surface area contributed by atoms with Crippen LogP contribution in [-0.2, 0) is 4.79 Å². The molecule has 0 amide bonds. The fourth-order valence-corrected chi connectivity index (χ4v) is 1.81. The van der Waals surface area contributed by atoms with Gasteiger partial charge >= 0.3 is 11.7 Å². The Kier molecular flexibility index (Phi) is 4.22. The lowest BCUT2D eigenvalue weighted by Crippen LogP contribution is -2.16. The summed E-state index contributed by atoms with van der Waals surface area (Å²) in [5.74, 6) is -0.889. The highest BCUT2D eigenvalue weighted by atomic mass is 79.9. The maximum Gasteiger partial charge on any atom is 0.314 e. The van der Waals surface area contributed by atoms with E-state index in [2.05, 4.69) is 15.9 Å². The molecule has 0 spiro atoms. The van der Waals surface area contributed by atoms with Gasteiger partial charge in [0.25, 0.3) is 0 Å². The molecule has 0 saturated carbocycles. The molecule has 0 fully saturated rings. The standard InChI is InChI=1S/C11H12BrNO4/c1-6(2)11(14)17-10-8(12)4-7(3)5-9(10)13(15)16/h4-6H,1-3H3. The van der Waals surface area contributed by atoms with Crippen LogP contribution in [0.4, 0.5) is 5.69 Å². The lowest BCUT2D eigenvalue weighted by atomic mass is 10.2. The van der Waals surface area contributed by atoms with Crippen LogP contribution in [0.2, 0.25) is 0 Å². The van der Waals surface area contributed by atoms with Crippen molar-refractivity contribution in [3.63, 3.8) is 0 Å². The van der Waals surface area contributed by atoms with Crippen molar-refractivity contribution in [2.24, 2.45) is 5.92 Å². The van der Waals surface area contributed by atoms with E-state index >= 15 is 0 Å². The lowest BCUT2D eigenvalue weighted by molar-refractivity contribution is -0.385. The van der Waals surface area contributed by atoms with Crippen LogP contribution in [0.1, 0.15) is 19.4 Å². The first-order chi connectivity index (χ1) is 7.82. The Labute approximate surface area is 107 Å². The maximum atomic E-state index is 11.5. The van der Waals surface area contributed by atoms with Gasteiger partial charge < -0.3 is 4.74 Å². The molecule has 17 heavy (non-hydrogen) atoms. The summed E-state index contributed by atoms with van der Waals surface area (Å²) in [7, 11) is 0. The number of rotatable bonds is 3. The summed E-state index contributed by atoms with van der Waals surface area (Å²) in [5.41, 5.74) is 0.499. The normalized spacial score (nSPS) is 10.4. The van der Waals surface area contributed by atoms with Crippen LogP contribution in [0.15, 0.2) is 16.6 Å². The van der Waals surface area contributed by atoms with E-state index in [1.807, 2.05) is 0 Å². The minimum Gasteiger partial charge on any atom is -0.418 e. The number of ether oxygens (including phenoxy) is 1. The van der Waals surface area contributed by atoms with E-state index in [-0.39, 0.29) is 17.4 Å². The summed E-state index contributed by atoms with van der Waals surface area (Å²) in [4.78, 5) is 21.8. The van der Waals surface area contributed by atoms with Gasteiger partial charge in [0.15, 0.2) is 0 Å². The fourth-order valence-electron chi connectivity index (χ4n) is 1.17. The first-order valence-electron chi connectivity index (χ1n) is 4.99. The average Bonchev–Trinajstić information content (AvgIpc) is 2.20. The monoisotopic (exact) mass is 301 g/mol. The van der Waals surface area contributed by atoms with Gasteiger partial charge in [0.2, 0.25) is 5.75 Å². The fraction of sp³-hybridized carbons (Fsp3) is 0.364. The number of carbonyl (C=O) groups excluding carboxylic acids is 1. The SMILES string of the molecule is Cc1cc(Br)c(OC(=O)C(C)C)c([N+](=O)[O-])c1. The van der Waals surface area contributed by atoms with Crippen LogP contribution in [0.5, 0.6) is 5.75 Å². The van der Waals surface area contributed by atoms with E-state index in [4.69, 9.17) is 4.74 Å². The van der Waals surface area contributed by atoms with Crippen LogP contribution in [0, 0.1) is 23.0 Å². The quantitative estimate of drug-likeness (QED) is 0.372. The highest BCUT2D eigenvalue weighted by Gasteiger charge is 2.23. The molecule has 0 aromatic heterocycles. The first kappa shape index (κ1) is 13.6. The molecular formula is C11H12BrNO4. The van der Waals surface area contributed by atoms with E-state index in [9.17, 15) is 14.9 Å².